The van der Waals surface area contributed by atoms with Crippen LogP contribution in [0.25, 0.3) is 22.1 Å². The zero-order valence-electron chi connectivity index (χ0n) is 8.84. The van der Waals surface area contributed by atoms with Crippen LogP contribution in [0.2, 0.25) is 0 Å². The van der Waals surface area contributed by atoms with Gasteiger partial charge in [0.05, 0.1) is 0 Å². The molecule has 0 radical (unpaired) electrons. The lowest BCUT2D eigenvalue weighted by Crippen LogP contribution is -2.28. The number of aromatic nitrogens is 2. The topological polar surface area (TPSA) is 39.8 Å². The van der Waals surface area contributed by atoms with E-state index >= 15 is 0 Å². The quantitative estimate of drug-likeness (QED) is 0.324. The first-order valence-corrected chi connectivity index (χ1v) is 5.15. The van der Waals surface area contributed by atoms with Gasteiger partial charge in [-0.25, -0.2) is 4.98 Å². The van der Waals surface area contributed by atoms with Crippen molar-refractivity contribution in [3.63, 3.8) is 0 Å². The van der Waals surface area contributed by atoms with Crippen LogP contribution in [0.3, 0.4) is 0 Å². The predicted molar refractivity (Wildman–Crippen MR) is 62.9 cm³/mol. The Labute approximate surface area is 92.6 Å². The van der Waals surface area contributed by atoms with Crippen LogP contribution < -0.4 is 4.73 Å². The monoisotopic (exact) mass is 210 g/mol. The molecule has 0 amide bonds. The van der Waals surface area contributed by atoms with E-state index in [1.807, 2.05) is 37.3 Å². The van der Waals surface area contributed by atoms with E-state index in [4.69, 9.17) is 0 Å². The van der Waals surface area contributed by atoms with E-state index in [9.17, 15) is 5.21 Å². The highest BCUT2D eigenvalue weighted by Gasteiger charge is 2.11. The van der Waals surface area contributed by atoms with Crippen molar-refractivity contribution in [2.45, 2.75) is 6.92 Å². The first kappa shape index (κ1) is 9.09. The smallest absolute Gasteiger partial charge is 0.243 e. The Balaban J connectivity index is 2.61. The standard InChI is InChI=1S/C13H10N2O/c1-9-5-4-8-12-13(9)14-10-6-2-3-7-11(10)15(12)16/h2-8H,1H3. The Bertz CT molecular complexity index is 692. The molecule has 1 aromatic heterocycles. The zero-order valence-corrected chi connectivity index (χ0v) is 8.84. The van der Waals surface area contributed by atoms with Crippen molar-refractivity contribution in [3.8, 4) is 0 Å². The maximum Gasteiger partial charge on any atom is 0.243 e. The molecule has 0 N–H and O–H groups in total. The van der Waals surface area contributed by atoms with Crippen LogP contribution in [0.5, 0.6) is 0 Å². The fourth-order valence-corrected chi connectivity index (χ4v) is 1.93. The summed E-state index contributed by atoms with van der Waals surface area (Å²) in [6.07, 6.45) is 0. The van der Waals surface area contributed by atoms with Crippen molar-refractivity contribution in [1.82, 2.24) is 4.98 Å². The Hall–Kier alpha value is -2.16. The number of hydrogen-bond donors (Lipinski definition) is 0. The third-order valence-electron chi connectivity index (χ3n) is 2.77. The SMILES string of the molecule is Cc1cccc2c1nc1ccccc1[n+]2[O-]. The van der Waals surface area contributed by atoms with Crippen molar-refractivity contribution in [3.05, 3.63) is 53.2 Å². The number of para-hydroxylation sites is 3. The molecular formula is C13H10N2O. The second kappa shape index (κ2) is 3.17. The number of hydrogen-bond acceptors (Lipinski definition) is 2. The number of rotatable bonds is 0. The van der Waals surface area contributed by atoms with E-state index in [0.717, 1.165) is 21.3 Å². The van der Waals surface area contributed by atoms with Gasteiger partial charge in [-0.2, -0.15) is 4.73 Å². The van der Waals surface area contributed by atoms with Crippen molar-refractivity contribution in [2.75, 3.05) is 0 Å². The largest absolute Gasteiger partial charge is 0.618 e. The van der Waals surface area contributed by atoms with Crippen molar-refractivity contribution < 1.29 is 4.73 Å². The first-order valence-electron chi connectivity index (χ1n) is 5.15. The molecule has 3 aromatic rings. The Morgan fingerprint density at radius 3 is 2.62 bits per heavy atom. The highest BCUT2D eigenvalue weighted by Crippen LogP contribution is 2.16. The van der Waals surface area contributed by atoms with Crippen molar-refractivity contribution in [2.24, 2.45) is 0 Å². The maximum atomic E-state index is 12.1. The minimum Gasteiger partial charge on any atom is -0.618 e. The number of nitrogens with zero attached hydrogens (tertiary/aromatic N) is 2. The second-order valence-corrected chi connectivity index (χ2v) is 3.84. The van der Waals surface area contributed by atoms with E-state index < -0.39 is 0 Å². The molecule has 0 unspecified atom stereocenters. The molecule has 78 valence electrons. The fraction of sp³-hybridized carbons (Fsp3) is 0.0769. The summed E-state index contributed by atoms with van der Waals surface area (Å²) in [4.78, 5) is 4.52. The van der Waals surface area contributed by atoms with Gasteiger partial charge in [0.1, 0.15) is 11.0 Å². The minimum atomic E-state index is 0.612. The highest BCUT2D eigenvalue weighted by molar-refractivity contribution is 5.83. The molecule has 0 saturated heterocycles. The fourth-order valence-electron chi connectivity index (χ4n) is 1.93. The lowest BCUT2D eigenvalue weighted by molar-refractivity contribution is -0.548. The van der Waals surface area contributed by atoms with Crippen LogP contribution in [0, 0.1) is 12.1 Å². The normalized spacial score (nSPS) is 11.1. The molecule has 0 bridgehead atoms. The van der Waals surface area contributed by atoms with Crippen molar-refractivity contribution >= 4 is 22.1 Å². The molecule has 0 saturated carbocycles. The third-order valence-corrected chi connectivity index (χ3v) is 2.77. The summed E-state index contributed by atoms with van der Waals surface area (Å²) in [5, 5.41) is 12.1. The van der Waals surface area contributed by atoms with E-state index in [1.165, 1.54) is 0 Å². The molecule has 16 heavy (non-hydrogen) atoms. The summed E-state index contributed by atoms with van der Waals surface area (Å²) in [6.45, 7) is 1.96. The second-order valence-electron chi connectivity index (χ2n) is 3.84. The summed E-state index contributed by atoms with van der Waals surface area (Å²) in [5.41, 5.74) is 3.77. The number of benzene rings is 2. The Kier molecular flexibility index (Phi) is 1.80. The Morgan fingerprint density at radius 1 is 1.00 bits per heavy atom. The minimum absolute atomic E-state index is 0.612. The molecule has 2 aromatic carbocycles. The van der Waals surface area contributed by atoms with Gasteiger partial charge in [0, 0.05) is 12.1 Å². The first-order chi connectivity index (χ1) is 7.77. The van der Waals surface area contributed by atoms with Crippen LogP contribution in [-0.4, -0.2) is 4.98 Å². The van der Waals surface area contributed by atoms with Gasteiger partial charge in [-0.1, -0.05) is 24.3 Å². The van der Waals surface area contributed by atoms with Crippen molar-refractivity contribution in [1.29, 1.82) is 0 Å². The summed E-state index contributed by atoms with van der Waals surface area (Å²) in [6, 6.07) is 13.0. The molecule has 3 rings (SSSR count). The molecule has 0 aliphatic carbocycles. The van der Waals surface area contributed by atoms with Crippen LogP contribution in [-0.2, 0) is 0 Å². The molecule has 0 aliphatic rings. The van der Waals surface area contributed by atoms with E-state index in [0.29, 0.717) is 11.0 Å². The molecule has 0 spiro atoms. The van der Waals surface area contributed by atoms with E-state index in [2.05, 4.69) is 4.98 Å². The summed E-state index contributed by atoms with van der Waals surface area (Å²) >= 11 is 0. The van der Waals surface area contributed by atoms with E-state index in [1.54, 1.807) is 12.1 Å². The molecule has 3 nitrogen and oxygen atoms in total. The van der Waals surface area contributed by atoms with Gasteiger partial charge in [0.15, 0.2) is 0 Å². The van der Waals surface area contributed by atoms with Gasteiger partial charge in [0.2, 0.25) is 11.0 Å². The zero-order chi connectivity index (χ0) is 11.1. The molecule has 0 atom stereocenters. The summed E-state index contributed by atoms with van der Waals surface area (Å²) < 4.78 is 0.949. The maximum absolute atomic E-state index is 12.1. The Morgan fingerprint density at radius 2 is 1.75 bits per heavy atom. The molecular weight excluding hydrogens is 200 g/mol. The van der Waals surface area contributed by atoms with Gasteiger partial charge < -0.3 is 5.21 Å². The average molecular weight is 210 g/mol. The number of fused-ring (bicyclic) bond motifs is 2. The van der Waals surface area contributed by atoms with Gasteiger partial charge in [-0.05, 0) is 18.6 Å². The summed E-state index contributed by atoms with van der Waals surface area (Å²) in [7, 11) is 0. The summed E-state index contributed by atoms with van der Waals surface area (Å²) in [5.74, 6) is 0. The molecule has 3 heteroatoms. The van der Waals surface area contributed by atoms with Crippen LogP contribution in [0.1, 0.15) is 5.56 Å². The van der Waals surface area contributed by atoms with Gasteiger partial charge in [0.25, 0.3) is 0 Å². The highest BCUT2D eigenvalue weighted by atomic mass is 16.5. The van der Waals surface area contributed by atoms with Crippen LogP contribution in [0.4, 0.5) is 0 Å². The van der Waals surface area contributed by atoms with Crippen LogP contribution in [0.15, 0.2) is 42.5 Å². The lowest BCUT2D eigenvalue weighted by Gasteiger charge is -2.06. The third kappa shape index (κ3) is 1.15. The average Bonchev–Trinajstić information content (AvgIpc) is 2.31. The molecule has 1 heterocycles. The van der Waals surface area contributed by atoms with Gasteiger partial charge in [-0.3, -0.25) is 0 Å². The van der Waals surface area contributed by atoms with Gasteiger partial charge >= 0.3 is 0 Å². The van der Waals surface area contributed by atoms with E-state index in [-0.39, 0.29) is 0 Å². The number of aryl methyl sites for hydroxylation is 1. The van der Waals surface area contributed by atoms with Gasteiger partial charge in [-0.15, -0.1) is 0 Å². The van der Waals surface area contributed by atoms with Crippen LogP contribution >= 0.6 is 0 Å². The lowest BCUT2D eigenvalue weighted by atomic mass is 10.2. The molecule has 0 aliphatic heterocycles. The predicted octanol–water partition coefficient (Wildman–Crippen LogP) is 2.33. The molecule has 0 fully saturated rings.